The van der Waals surface area contributed by atoms with Crippen LogP contribution in [0.4, 0.5) is 9.39 Å². The van der Waals surface area contributed by atoms with Gasteiger partial charge in [-0.05, 0) is 59.1 Å². The number of amides is 1. The van der Waals surface area contributed by atoms with Crippen molar-refractivity contribution in [2.45, 2.75) is 13.0 Å². The lowest BCUT2D eigenvalue weighted by Gasteiger charge is -2.40. The molecule has 1 aliphatic rings. The minimum atomic E-state index is -0.510. The van der Waals surface area contributed by atoms with Crippen molar-refractivity contribution in [1.29, 1.82) is 0 Å². The molecule has 1 atom stereocenters. The van der Waals surface area contributed by atoms with Crippen molar-refractivity contribution in [3.63, 3.8) is 0 Å². The second kappa shape index (κ2) is 8.32. The molecule has 1 fully saturated rings. The van der Waals surface area contributed by atoms with Crippen LogP contribution in [0.1, 0.15) is 6.92 Å². The fourth-order valence-corrected chi connectivity index (χ4v) is 5.82. The quantitative estimate of drug-likeness (QED) is 0.373. The zero-order valence-electron chi connectivity index (χ0n) is 17.9. The largest absolute Gasteiger partial charge is 0.508 e. The van der Waals surface area contributed by atoms with Crippen LogP contribution in [-0.4, -0.2) is 46.0 Å². The topological polar surface area (TPSA) is 56.7 Å². The predicted molar refractivity (Wildman–Crippen MR) is 133 cm³/mol. The summed E-state index contributed by atoms with van der Waals surface area (Å²) in [4.78, 5) is 15.9. The molecule has 5 nitrogen and oxygen atoms in total. The molecule has 2 heterocycles. The number of nitrogens with zero attached hydrogens (tertiary/aromatic N) is 3. The summed E-state index contributed by atoms with van der Waals surface area (Å²) in [7, 11) is 0. The summed E-state index contributed by atoms with van der Waals surface area (Å²) in [5.41, 5.74) is 0.996. The van der Waals surface area contributed by atoms with E-state index in [2.05, 4.69) is 15.9 Å². The number of aromatic nitrogens is 1. The normalized spacial score (nSPS) is 16.5. The molecule has 0 bridgehead atoms. The molecule has 168 valence electrons. The number of aromatic hydroxyl groups is 1. The van der Waals surface area contributed by atoms with Gasteiger partial charge in [0.05, 0.1) is 5.02 Å². The number of anilines is 1. The lowest BCUT2D eigenvalue weighted by molar-refractivity contribution is -0.126. The molecule has 1 N–H and O–H groups in total. The molecule has 0 saturated carbocycles. The second-order valence-electron chi connectivity index (χ2n) is 8.18. The van der Waals surface area contributed by atoms with Crippen LogP contribution in [0.2, 0.25) is 5.02 Å². The highest BCUT2D eigenvalue weighted by Gasteiger charge is 2.29. The number of fused-ring (bicyclic) bond motifs is 2. The van der Waals surface area contributed by atoms with E-state index in [1.807, 2.05) is 31.2 Å². The van der Waals surface area contributed by atoms with E-state index >= 15 is 4.39 Å². The fraction of sp³-hybridized carbons (Fsp3) is 0.200. The highest BCUT2D eigenvalue weighted by molar-refractivity contribution is 7.11. The van der Waals surface area contributed by atoms with Gasteiger partial charge in [0, 0.05) is 36.6 Å². The molecule has 1 aliphatic heterocycles. The molecule has 1 aromatic heterocycles. The van der Waals surface area contributed by atoms with Gasteiger partial charge in [-0.15, -0.1) is 0 Å². The Morgan fingerprint density at radius 3 is 2.82 bits per heavy atom. The minimum absolute atomic E-state index is 0.0304. The van der Waals surface area contributed by atoms with Crippen molar-refractivity contribution in [3.05, 3.63) is 66.0 Å². The van der Waals surface area contributed by atoms with Crippen molar-refractivity contribution in [2.24, 2.45) is 0 Å². The standard InChI is InChI=1S/C25H21ClFN3O2S/c1-3-21(32)29-8-9-30(14(2)13-29)25-19-12-20(26)22(23(27)24(19)28-33-25)18-11-16(31)10-15-6-4-5-7-17(15)18/h3-7,10-12,14,31H,1,8-9,13H2,2H3/t14-/m0/s1. The van der Waals surface area contributed by atoms with Gasteiger partial charge in [-0.25, -0.2) is 4.39 Å². The summed E-state index contributed by atoms with van der Waals surface area (Å²) in [6, 6.07) is 12.4. The van der Waals surface area contributed by atoms with Gasteiger partial charge in [0.2, 0.25) is 5.91 Å². The zero-order valence-corrected chi connectivity index (χ0v) is 19.5. The van der Waals surface area contributed by atoms with E-state index in [0.717, 1.165) is 15.8 Å². The van der Waals surface area contributed by atoms with E-state index in [0.29, 0.717) is 30.6 Å². The van der Waals surface area contributed by atoms with Gasteiger partial charge in [0.1, 0.15) is 16.3 Å². The summed E-state index contributed by atoms with van der Waals surface area (Å²) in [6.45, 7) is 7.30. The maximum Gasteiger partial charge on any atom is 0.246 e. The number of halogens is 2. The number of benzene rings is 3. The van der Waals surface area contributed by atoms with Gasteiger partial charge in [-0.2, -0.15) is 4.37 Å². The SMILES string of the molecule is C=CC(=O)N1CCN(c2snc3c(F)c(-c4cc(O)cc5ccccc45)c(Cl)cc23)[C@@H](C)C1. The average Bonchev–Trinajstić information content (AvgIpc) is 3.22. The van der Waals surface area contributed by atoms with Crippen molar-refractivity contribution in [2.75, 3.05) is 24.5 Å². The summed E-state index contributed by atoms with van der Waals surface area (Å²) in [6.07, 6.45) is 1.33. The Hall–Kier alpha value is -3.16. The number of hydrogen-bond donors (Lipinski definition) is 1. The number of carbonyl (C=O) groups excluding carboxylic acids is 1. The van der Waals surface area contributed by atoms with Gasteiger partial charge < -0.3 is 14.9 Å². The first-order chi connectivity index (χ1) is 15.9. The first kappa shape index (κ1) is 21.7. The van der Waals surface area contributed by atoms with E-state index in [9.17, 15) is 9.90 Å². The predicted octanol–water partition coefficient (Wildman–Crippen LogP) is 5.84. The van der Waals surface area contributed by atoms with E-state index in [4.69, 9.17) is 11.6 Å². The van der Waals surface area contributed by atoms with Gasteiger partial charge in [0.15, 0.2) is 5.82 Å². The van der Waals surface area contributed by atoms with E-state index < -0.39 is 5.82 Å². The molecule has 0 unspecified atom stereocenters. The van der Waals surface area contributed by atoms with Gasteiger partial charge in [-0.3, -0.25) is 4.79 Å². The van der Waals surface area contributed by atoms with Crippen LogP contribution in [0.15, 0.2) is 55.1 Å². The number of phenols is 1. The number of carbonyl (C=O) groups is 1. The Morgan fingerprint density at radius 2 is 2.06 bits per heavy atom. The number of rotatable bonds is 3. The Labute approximate surface area is 199 Å². The smallest absolute Gasteiger partial charge is 0.246 e. The maximum atomic E-state index is 15.9. The van der Waals surface area contributed by atoms with Crippen LogP contribution >= 0.6 is 23.1 Å². The Morgan fingerprint density at radius 1 is 1.27 bits per heavy atom. The highest BCUT2D eigenvalue weighted by atomic mass is 35.5. The number of phenolic OH excluding ortho intramolecular Hbond substituents is 1. The fourth-order valence-electron chi connectivity index (χ4n) is 4.54. The summed E-state index contributed by atoms with van der Waals surface area (Å²) < 4.78 is 20.3. The van der Waals surface area contributed by atoms with Crippen LogP contribution in [0, 0.1) is 5.82 Å². The molecular weight excluding hydrogens is 461 g/mol. The van der Waals surface area contributed by atoms with Crippen LogP contribution in [-0.2, 0) is 4.79 Å². The van der Waals surface area contributed by atoms with E-state index in [1.165, 1.54) is 23.7 Å². The molecule has 33 heavy (non-hydrogen) atoms. The van der Waals surface area contributed by atoms with Crippen molar-refractivity contribution < 1.29 is 14.3 Å². The van der Waals surface area contributed by atoms with Gasteiger partial charge in [-0.1, -0.05) is 42.4 Å². The van der Waals surface area contributed by atoms with Crippen molar-refractivity contribution >= 4 is 55.7 Å². The van der Waals surface area contributed by atoms with Crippen LogP contribution < -0.4 is 4.90 Å². The Kier molecular flexibility index (Phi) is 5.46. The lowest BCUT2D eigenvalue weighted by atomic mass is 9.96. The Bertz CT molecular complexity index is 1420. The maximum absolute atomic E-state index is 15.9. The van der Waals surface area contributed by atoms with Crippen molar-refractivity contribution in [3.8, 4) is 16.9 Å². The summed E-state index contributed by atoms with van der Waals surface area (Å²) >= 11 is 7.88. The van der Waals surface area contributed by atoms with Crippen LogP contribution in [0.5, 0.6) is 5.75 Å². The molecule has 3 aromatic carbocycles. The molecule has 5 rings (SSSR count). The molecule has 1 saturated heterocycles. The summed E-state index contributed by atoms with van der Waals surface area (Å²) in [5, 5.41) is 13.5. The molecule has 0 spiro atoms. The third-order valence-electron chi connectivity index (χ3n) is 6.14. The van der Waals surface area contributed by atoms with Gasteiger partial charge in [0.25, 0.3) is 0 Å². The Balaban J connectivity index is 1.61. The summed E-state index contributed by atoms with van der Waals surface area (Å²) in [5.74, 6) is -0.560. The van der Waals surface area contributed by atoms with Crippen molar-refractivity contribution in [1.82, 2.24) is 9.27 Å². The zero-order chi connectivity index (χ0) is 23.3. The molecule has 0 aliphatic carbocycles. The number of piperazine rings is 1. The molecule has 0 radical (unpaired) electrons. The molecular formula is C25H21ClFN3O2S. The average molecular weight is 482 g/mol. The lowest BCUT2D eigenvalue weighted by Crippen LogP contribution is -2.53. The molecule has 8 heteroatoms. The molecule has 1 amide bonds. The number of hydrogen-bond acceptors (Lipinski definition) is 5. The van der Waals surface area contributed by atoms with Gasteiger partial charge >= 0.3 is 0 Å². The van der Waals surface area contributed by atoms with E-state index in [1.54, 1.807) is 17.0 Å². The minimum Gasteiger partial charge on any atom is -0.508 e. The first-order valence-electron chi connectivity index (χ1n) is 10.6. The third-order valence-corrected chi connectivity index (χ3v) is 7.34. The second-order valence-corrected chi connectivity index (χ2v) is 9.34. The molecule has 4 aromatic rings. The van der Waals surface area contributed by atoms with Crippen LogP contribution in [0.25, 0.3) is 32.8 Å². The third kappa shape index (κ3) is 3.61. The van der Waals surface area contributed by atoms with Crippen LogP contribution in [0.3, 0.4) is 0 Å². The first-order valence-corrected chi connectivity index (χ1v) is 11.7. The highest BCUT2D eigenvalue weighted by Crippen LogP contribution is 2.44. The monoisotopic (exact) mass is 481 g/mol. The van der Waals surface area contributed by atoms with E-state index in [-0.39, 0.29) is 33.8 Å².